The number of carbonyl (C=O) groups is 1. The molecule has 9 heteroatoms. The summed E-state index contributed by atoms with van der Waals surface area (Å²) in [5, 5.41) is 3.19. The second kappa shape index (κ2) is 7.97. The van der Waals surface area contributed by atoms with Crippen LogP contribution in [0.25, 0.3) is 0 Å². The van der Waals surface area contributed by atoms with Crippen LogP contribution >= 0.6 is 11.6 Å². The second-order valence-corrected chi connectivity index (χ2v) is 8.97. The third kappa shape index (κ3) is 4.56. The van der Waals surface area contributed by atoms with Gasteiger partial charge in [-0.05, 0) is 42.8 Å². The molecule has 0 saturated heterocycles. The Balaban J connectivity index is 1.81. The van der Waals surface area contributed by atoms with Crippen molar-refractivity contribution >= 4 is 33.2 Å². The SMILES string of the molecule is C[C@H](NC(=O)[C@H]1CCN(S(C)(=O)=O)c2cc(Cl)ccc2O1)c1ccc(F)cc1. The molecule has 2 atom stereocenters. The summed E-state index contributed by atoms with van der Waals surface area (Å²) in [6, 6.07) is 10.1. The van der Waals surface area contributed by atoms with Crippen LogP contribution in [0.15, 0.2) is 42.5 Å². The standard InChI is InChI=1S/C19H20ClFN2O4S/c1-12(13-3-6-15(21)7-4-13)22-19(24)18-9-10-23(28(2,25)26)16-11-14(20)5-8-17(16)27-18/h3-8,11-12,18H,9-10H2,1-2H3,(H,22,24)/t12-,18+/m0/s1. The maximum Gasteiger partial charge on any atom is 0.261 e. The fourth-order valence-corrected chi connectivity index (χ4v) is 4.13. The number of sulfonamides is 1. The number of benzene rings is 2. The van der Waals surface area contributed by atoms with Gasteiger partial charge in [0.05, 0.1) is 18.0 Å². The number of hydrogen-bond acceptors (Lipinski definition) is 4. The number of carbonyl (C=O) groups excluding carboxylic acids is 1. The van der Waals surface area contributed by atoms with Gasteiger partial charge in [0, 0.05) is 18.0 Å². The number of nitrogens with zero attached hydrogens (tertiary/aromatic N) is 1. The Morgan fingerprint density at radius 3 is 2.61 bits per heavy atom. The molecule has 1 heterocycles. The maximum absolute atomic E-state index is 13.1. The van der Waals surface area contributed by atoms with Crippen molar-refractivity contribution in [2.24, 2.45) is 0 Å². The zero-order valence-electron chi connectivity index (χ0n) is 15.4. The maximum atomic E-state index is 13.1. The smallest absolute Gasteiger partial charge is 0.261 e. The fourth-order valence-electron chi connectivity index (χ4n) is 3.02. The molecule has 150 valence electrons. The number of rotatable bonds is 4. The van der Waals surface area contributed by atoms with Crippen molar-refractivity contribution in [2.75, 3.05) is 17.1 Å². The number of nitrogens with one attached hydrogen (secondary N) is 1. The van der Waals surface area contributed by atoms with Gasteiger partial charge in [0.15, 0.2) is 6.10 Å². The van der Waals surface area contributed by atoms with Gasteiger partial charge in [-0.3, -0.25) is 9.10 Å². The number of anilines is 1. The number of hydrogen-bond donors (Lipinski definition) is 1. The van der Waals surface area contributed by atoms with E-state index in [1.165, 1.54) is 22.5 Å². The van der Waals surface area contributed by atoms with Crippen LogP contribution in [0.5, 0.6) is 5.75 Å². The molecule has 1 aliphatic heterocycles. The van der Waals surface area contributed by atoms with Gasteiger partial charge in [0.2, 0.25) is 10.0 Å². The van der Waals surface area contributed by atoms with E-state index in [4.69, 9.17) is 16.3 Å². The van der Waals surface area contributed by atoms with Crippen LogP contribution < -0.4 is 14.4 Å². The number of ether oxygens (including phenoxy) is 1. The van der Waals surface area contributed by atoms with Gasteiger partial charge in [0.25, 0.3) is 5.91 Å². The normalized spacial score (nSPS) is 17.9. The highest BCUT2D eigenvalue weighted by Gasteiger charge is 2.32. The van der Waals surface area contributed by atoms with Crippen LogP contribution in [-0.4, -0.2) is 33.2 Å². The molecule has 0 spiro atoms. The van der Waals surface area contributed by atoms with Crippen molar-refractivity contribution in [1.82, 2.24) is 5.32 Å². The van der Waals surface area contributed by atoms with E-state index in [9.17, 15) is 17.6 Å². The fraction of sp³-hybridized carbons (Fsp3) is 0.316. The third-order valence-corrected chi connectivity index (χ3v) is 5.89. The van der Waals surface area contributed by atoms with E-state index in [-0.39, 0.29) is 36.5 Å². The number of halogens is 2. The van der Waals surface area contributed by atoms with Gasteiger partial charge in [-0.25, -0.2) is 12.8 Å². The van der Waals surface area contributed by atoms with Crippen molar-refractivity contribution in [2.45, 2.75) is 25.5 Å². The van der Waals surface area contributed by atoms with Gasteiger partial charge >= 0.3 is 0 Å². The predicted molar refractivity (Wildman–Crippen MR) is 106 cm³/mol. The summed E-state index contributed by atoms with van der Waals surface area (Å²) in [5.74, 6) is -0.472. The number of amides is 1. The first kappa shape index (κ1) is 20.4. The summed E-state index contributed by atoms with van der Waals surface area (Å²) in [6.07, 6.45) is 0.380. The Morgan fingerprint density at radius 2 is 1.96 bits per heavy atom. The lowest BCUT2D eigenvalue weighted by Crippen LogP contribution is -2.40. The first-order valence-electron chi connectivity index (χ1n) is 8.65. The third-order valence-electron chi connectivity index (χ3n) is 4.47. The molecular weight excluding hydrogens is 407 g/mol. The molecule has 1 amide bonds. The molecule has 0 bridgehead atoms. The Hall–Kier alpha value is -2.32. The summed E-state index contributed by atoms with van der Waals surface area (Å²) in [4.78, 5) is 12.7. The molecule has 1 N–H and O–H groups in total. The topological polar surface area (TPSA) is 75.7 Å². The zero-order chi connectivity index (χ0) is 20.5. The van der Waals surface area contributed by atoms with Crippen molar-refractivity contribution in [3.05, 3.63) is 58.9 Å². The van der Waals surface area contributed by atoms with E-state index in [2.05, 4.69) is 5.32 Å². The lowest BCUT2D eigenvalue weighted by Gasteiger charge is -2.21. The predicted octanol–water partition coefficient (Wildman–Crippen LogP) is 3.27. The number of fused-ring (bicyclic) bond motifs is 1. The molecule has 2 aromatic rings. The quantitative estimate of drug-likeness (QED) is 0.814. The van der Waals surface area contributed by atoms with E-state index in [1.807, 2.05) is 0 Å². The minimum atomic E-state index is -3.57. The van der Waals surface area contributed by atoms with Crippen LogP contribution in [0.1, 0.15) is 24.9 Å². The zero-order valence-corrected chi connectivity index (χ0v) is 16.9. The molecular formula is C19H20ClFN2O4S. The Bertz CT molecular complexity index is 982. The molecule has 0 fully saturated rings. The second-order valence-electron chi connectivity index (χ2n) is 6.62. The minimum absolute atomic E-state index is 0.0786. The van der Waals surface area contributed by atoms with E-state index >= 15 is 0 Å². The van der Waals surface area contributed by atoms with Crippen molar-refractivity contribution in [3.63, 3.8) is 0 Å². The van der Waals surface area contributed by atoms with E-state index in [0.29, 0.717) is 10.7 Å². The summed E-state index contributed by atoms with van der Waals surface area (Å²) >= 11 is 6.01. The lowest BCUT2D eigenvalue weighted by molar-refractivity contribution is -0.128. The van der Waals surface area contributed by atoms with Gasteiger partial charge in [-0.1, -0.05) is 23.7 Å². The monoisotopic (exact) mass is 426 g/mol. The lowest BCUT2D eigenvalue weighted by atomic mass is 10.1. The van der Waals surface area contributed by atoms with Crippen LogP contribution in [0.4, 0.5) is 10.1 Å². The van der Waals surface area contributed by atoms with Crippen LogP contribution in [0.2, 0.25) is 5.02 Å². The molecule has 0 saturated carbocycles. The highest BCUT2D eigenvalue weighted by molar-refractivity contribution is 7.92. The van der Waals surface area contributed by atoms with Crippen molar-refractivity contribution in [1.29, 1.82) is 0 Å². The molecule has 6 nitrogen and oxygen atoms in total. The minimum Gasteiger partial charge on any atom is -0.478 e. The molecule has 1 aliphatic rings. The van der Waals surface area contributed by atoms with Gasteiger partial charge in [-0.2, -0.15) is 0 Å². The Kier molecular flexibility index (Phi) is 5.81. The Morgan fingerprint density at radius 1 is 1.29 bits per heavy atom. The van der Waals surface area contributed by atoms with E-state index in [0.717, 1.165) is 11.8 Å². The first-order chi connectivity index (χ1) is 13.1. The highest BCUT2D eigenvalue weighted by atomic mass is 35.5. The van der Waals surface area contributed by atoms with Gasteiger partial charge < -0.3 is 10.1 Å². The molecule has 0 aromatic heterocycles. The van der Waals surface area contributed by atoms with Gasteiger partial charge in [-0.15, -0.1) is 0 Å². The molecule has 3 rings (SSSR count). The summed E-state index contributed by atoms with van der Waals surface area (Å²) in [6.45, 7) is 1.85. The van der Waals surface area contributed by atoms with Crippen LogP contribution in [0.3, 0.4) is 0 Å². The molecule has 0 aliphatic carbocycles. The average molecular weight is 427 g/mol. The highest BCUT2D eigenvalue weighted by Crippen LogP contribution is 2.36. The molecule has 28 heavy (non-hydrogen) atoms. The average Bonchev–Trinajstić information content (AvgIpc) is 2.81. The van der Waals surface area contributed by atoms with Crippen molar-refractivity contribution in [3.8, 4) is 5.75 Å². The summed E-state index contributed by atoms with van der Waals surface area (Å²) in [5.41, 5.74) is 1.05. The van der Waals surface area contributed by atoms with E-state index in [1.54, 1.807) is 31.2 Å². The first-order valence-corrected chi connectivity index (χ1v) is 10.9. The molecule has 0 radical (unpaired) electrons. The molecule has 0 unspecified atom stereocenters. The summed E-state index contributed by atoms with van der Waals surface area (Å²) < 4.78 is 44.4. The largest absolute Gasteiger partial charge is 0.478 e. The van der Waals surface area contributed by atoms with Crippen LogP contribution in [-0.2, 0) is 14.8 Å². The Labute approximate surface area is 168 Å². The van der Waals surface area contributed by atoms with Gasteiger partial charge in [0.1, 0.15) is 11.6 Å². The van der Waals surface area contributed by atoms with Crippen LogP contribution in [0, 0.1) is 5.82 Å². The molecule has 2 aromatic carbocycles. The van der Waals surface area contributed by atoms with E-state index < -0.39 is 16.1 Å². The summed E-state index contributed by atoms with van der Waals surface area (Å²) in [7, 11) is -3.57. The van der Waals surface area contributed by atoms with Crippen molar-refractivity contribution < 1.29 is 22.3 Å².